The zero-order valence-electron chi connectivity index (χ0n) is 27.5. The fourth-order valence-corrected chi connectivity index (χ4v) is 8.29. The van der Waals surface area contributed by atoms with Gasteiger partial charge in [-0.2, -0.15) is 0 Å². The molecule has 12 heteroatoms. The second-order valence-corrected chi connectivity index (χ2v) is 15.2. The summed E-state index contributed by atoms with van der Waals surface area (Å²) in [5, 5.41) is 5.72. The van der Waals surface area contributed by atoms with Crippen LogP contribution < -0.4 is 10.6 Å². The van der Waals surface area contributed by atoms with E-state index in [4.69, 9.17) is 14.0 Å². The first-order valence-corrected chi connectivity index (χ1v) is 17.0. The monoisotopic (exact) mass is 643 g/mol. The quantitative estimate of drug-likeness (QED) is 0.332. The van der Waals surface area contributed by atoms with Crippen LogP contribution in [0.3, 0.4) is 0 Å². The van der Waals surface area contributed by atoms with Crippen molar-refractivity contribution in [3.63, 3.8) is 0 Å². The minimum atomic E-state index is -2.70. The van der Waals surface area contributed by atoms with Gasteiger partial charge in [0.1, 0.15) is 12.1 Å². The number of benzene rings is 1. The highest BCUT2D eigenvalue weighted by Crippen LogP contribution is 2.65. The van der Waals surface area contributed by atoms with Crippen LogP contribution in [0.15, 0.2) is 30.3 Å². The number of carbonyl (C=O) groups is 3. The largest absolute Gasteiger partial charge is 0.481 e. The molecule has 6 aliphatic rings. The number of likely N-dealkylation sites (tertiary alicyclic amines) is 1. The van der Waals surface area contributed by atoms with Crippen molar-refractivity contribution >= 4 is 24.8 Å². The molecular weight excluding hydrogens is 595 g/mol. The maximum Gasteiger partial charge on any atom is 0.481 e. The van der Waals surface area contributed by atoms with Gasteiger partial charge >= 0.3 is 7.12 Å². The Kier molecular flexibility index (Phi) is 9.28. The first-order valence-electron chi connectivity index (χ1n) is 17.0. The van der Waals surface area contributed by atoms with Crippen LogP contribution in [0.5, 0.6) is 0 Å². The summed E-state index contributed by atoms with van der Waals surface area (Å²) in [6.45, 7) is 10.6. The van der Waals surface area contributed by atoms with Gasteiger partial charge in [-0.25, -0.2) is 8.78 Å². The van der Waals surface area contributed by atoms with Gasteiger partial charge in [-0.3, -0.25) is 14.4 Å². The van der Waals surface area contributed by atoms with Crippen molar-refractivity contribution in [1.29, 1.82) is 0 Å². The fraction of sp³-hybridized carbons (Fsp3) is 0.735. The van der Waals surface area contributed by atoms with Gasteiger partial charge in [0, 0.05) is 25.3 Å². The lowest BCUT2D eigenvalue weighted by molar-refractivity contribution is -0.199. The lowest BCUT2D eigenvalue weighted by Gasteiger charge is -2.64. The molecule has 0 spiro atoms. The molecule has 46 heavy (non-hydrogen) atoms. The number of hydrogen-bond donors (Lipinski definition) is 2. The number of ether oxygens (including phenoxy) is 1. The molecule has 2 N–H and O–H groups in total. The molecule has 2 aliphatic heterocycles. The van der Waals surface area contributed by atoms with Crippen LogP contribution in [-0.2, 0) is 35.0 Å². The fourth-order valence-electron chi connectivity index (χ4n) is 8.29. The Bertz CT molecular complexity index is 1300. The first kappa shape index (κ1) is 33.3. The van der Waals surface area contributed by atoms with Crippen molar-refractivity contribution in [2.45, 2.75) is 122 Å². The Morgan fingerprint density at radius 3 is 2.39 bits per heavy atom. The van der Waals surface area contributed by atoms with Gasteiger partial charge in [-0.05, 0) is 61.3 Å². The standard InChI is InChI=1S/C34H48BF2N3O6/c1-19(2)29(39-30(41)21-11-12-21)32(43)40-17-23(44-18-20-9-7-6-8-10-20)15-24(40)31(42)38-27(16-28(36)37)35-45-26-14-22-13-25(33(22,3)4)34(26,5)46-35/h6-10,19,21-29H,11-18H2,1-5H3,(H,38,42)(H,39,41)/t22-,23-,24-,25-,26?,27?,29-,34+/m0/s1. The Hall–Kier alpha value is -2.57. The summed E-state index contributed by atoms with van der Waals surface area (Å²) >= 11 is 0. The third-order valence-corrected chi connectivity index (χ3v) is 11.4. The molecule has 2 bridgehead atoms. The van der Waals surface area contributed by atoms with E-state index < -0.39 is 55.6 Å². The molecule has 1 aromatic carbocycles. The van der Waals surface area contributed by atoms with Crippen molar-refractivity contribution in [3.05, 3.63) is 35.9 Å². The molecular formula is C34H48BF2N3O6. The average molecular weight is 644 g/mol. The molecule has 2 saturated heterocycles. The predicted octanol–water partition coefficient (Wildman–Crippen LogP) is 4.13. The highest BCUT2D eigenvalue weighted by Gasteiger charge is 2.68. The molecule has 0 aromatic heterocycles. The van der Waals surface area contributed by atoms with Crippen molar-refractivity contribution in [2.24, 2.45) is 29.1 Å². The van der Waals surface area contributed by atoms with Gasteiger partial charge in [0.15, 0.2) is 0 Å². The van der Waals surface area contributed by atoms with Crippen molar-refractivity contribution in [2.75, 3.05) is 6.54 Å². The molecule has 9 nitrogen and oxygen atoms in total. The number of amides is 3. The molecule has 252 valence electrons. The van der Waals surface area contributed by atoms with E-state index in [2.05, 4.69) is 24.5 Å². The van der Waals surface area contributed by atoms with Gasteiger partial charge in [0.05, 0.1) is 30.4 Å². The maximum absolute atomic E-state index is 14.0. The van der Waals surface area contributed by atoms with Gasteiger partial charge in [-0.15, -0.1) is 0 Å². The van der Waals surface area contributed by atoms with Crippen LogP contribution in [0.2, 0.25) is 0 Å². The van der Waals surface area contributed by atoms with E-state index in [1.807, 2.05) is 51.1 Å². The number of halogens is 2. The minimum Gasteiger partial charge on any atom is -0.404 e. The topological polar surface area (TPSA) is 106 Å². The smallest absolute Gasteiger partial charge is 0.404 e. The van der Waals surface area contributed by atoms with Crippen LogP contribution in [0.1, 0.15) is 78.7 Å². The van der Waals surface area contributed by atoms with E-state index in [1.54, 1.807) is 0 Å². The lowest BCUT2D eigenvalue weighted by atomic mass is 9.43. The summed E-state index contributed by atoms with van der Waals surface area (Å²) in [6, 6.07) is 7.80. The predicted molar refractivity (Wildman–Crippen MR) is 167 cm³/mol. The molecule has 2 heterocycles. The van der Waals surface area contributed by atoms with Crippen LogP contribution in [0, 0.1) is 29.1 Å². The van der Waals surface area contributed by atoms with Crippen LogP contribution in [0.4, 0.5) is 8.78 Å². The third-order valence-electron chi connectivity index (χ3n) is 11.4. The van der Waals surface area contributed by atoms with Crippen LogP contribution in [0.25, 0.3) is 0 Å². The minimum absolute atomic E-state index is 0.0757. The molecule has 1 aromatic rings. The summed E-state index contributed by atoms with van der Waals surface area (Å²) in [5.74, 6) is -1.79. The second-order valence-electron chi connectivity index (χ2n) is 15.2. The first-order chi connectivity index (χ1) is 21.8. The Morgan fingerprint density at radius 1 is 1.04 bits per heavy atom. The second kappa shape index (κ2) is 12.8. The highest BCUT2D eigenvalue weighted by molar-refractivity contribution is 6.48. The van der Waals surface area contributed by atoms with Crippen LogP contribution in [-0.4, -0.2) is 78.5 Å². The molecule has 7 rings (SSSR count). The average Bonchev–Trinajstić information content (AvgIpc) is 3.67. The molecule has 4 saturated carbocycles. The number of nitrogens with one attached hydrogen (secondary N) is 2. The molecule has 0 radical (unpaired) electrons. The van der Waals surface area contributed by atoms with Crippen molar-refractivity contribution in [3.8, 4) is 0 Å². The number of hydrogen-bond acceptors (Lipinski definition) is 6. The maximum atomic E-state index is 14.0. The third kappa shape index (κ3) is 6.46. The van der Waals surface area contributed by atoms with Crippen molar-refractivity contribution in [1.82, 2.24) is 15.5 Å². The number of alkyl halides is 2. The van der Waals surface area contributed by atoms with Gasteiger partial charge in [0.25, 0.3) is 0 Å². The van der Waals surface area contributed by atoms with E-state index in [1.165, 1.54) is 4.90 Å². The molecule has 8 atom stereocenters. The summed E-state index contributed by atoms with van der Waals surface area (Å²) in [5.41, 5.74) is 0.407. The zero-order valence-corrected chi connectivity index (χ0v) is 27.5. The van der Waals surface area contributed by atoms with Gasteiger partial charge in [-0.1, -0.05) is 58.0 Å². The molecule has 2 unspecified atom stereocenters. The number of carbonyl (C=O) groups excluding carboxylic acids is 3. The Labute approximate surface area is 271 Å². The van der Waals surface area contributed by atoms with Crippen LogP contribution >= 0.6 is 0 Å². The number of nitrogens with zero attached hydrogens (tertiary/aromatic N) is 1. The van der Waals surface area contributed by atoms with Gasteiger partial charge in [0.2, 0.25) is 24.1 Å². The van der Waals surface area contributed by atoms with E-state index in [9.17, 15) is 23.2 Å². The highest BCUT2D eigenvalue weighted by atomic mass is 19.3. The lowest BCUT2D eigenvalue weighted by Crippen LogP contribution is -2.65. The molecule has 4 aliphatic carbocycles. The summed E-state index contributed by atoms with van der Waals surface area (Å²) in [6.07, 6.45) is -0.446. The molecule has 6 fully saturated rings. The number of rotatable bonds is 12. The Morgan fingerprint density at radius 2 is 1.76 bits per heavy atom. The van der Waals surface area contributed by atoms with E-state index in [0.717, 1.165) is 31.2 Å². The summed E-state index contributed by atoms with van der Waals surface area (Å²) in [4.78, 5) is 42.2. The summed E-state index contributed by atoms with van der Waals surface area (Å²) in [7, 11) is -1.03. The van der Waals surface area contributed by atoms with Gasteiger partial charge < -0.3 is 29.6 Å². The summed E-state index contributed by atoms with van der Waals surface area (Å²) < 4.78 is 46.9. The van der Waals surface area contributed by atoms with Crippen molar-refractivity contribution < 1.29 is 37.2 Å². The zero-order chi connectivity index (χ0) is 33.0. The SMILES string of the molecule is CC(C)[C@H](NC(=O)C1CC1)C(=O)N1C[C@@H](OCc2ccccc2)C[C@H]1C(=O)NC(CC(F)F)B1OC2C[C@@H]3C[C@@H](C3(C)C)[C@@]2(C)O1. The molecule has 3 amide bonds. The van der Waals surface area contributed by atoms with E-state index in [0.29, 0.717) is 12.5 Å². The normalized spacial score (nSPS) is 32.6. The van der Waals surface area contributed by atoms with E-state index in [-0.39, 0.29) is 54.1 Å². The Balaban J connectivity index is 1.19. The van der Waals surface area contributed by atoms with E-state index >= 15 is 0 Å².